The topological polar surface area (TPSA) is 52.0 Å². The molecule has 0 saturated carbocycles. The second-order valence-electron chi connectivity index (χ2n) is 3.21. The standard InChI is InChI=1S/C11H11ClN2O/c1-2-7-10(14-15-11(7)13)8-5-3-4-6-9(8)12/h3-6H,2,13H2,1H3. The molecule has 2 rings (SSSR count). The minimum Gasteiger partial charge on any atom is -0.367 e. The molecule has 0 unspecified atom stereocenters. The van der Waals surface area contributed by atoms with Gasteiger partial charge in [-0.25, -0.2) is 0 Å². The molecule has 2 aromatic rings. The van der Waals surface area contributed by atoms with Gasteiger partial charge in [-0.2, -0.15) is 0 Å². The van der Waals surface area contributed by atoms with Crippen molar-refractivity contribution in [1.29, 1.82) is 0 Å². The number of hydrogen-bond acceptors (Lipinski definition) is 3. The van der Waals surface area contributed by atoms with Crippen molar-refractivity contribution in [2.45, 2.75) is 13.3 Å². The largest absolute Gasteiger partial charge is 0.367 e. The lowest BCUT2D eigenvalue weighted by atomic mass is 10.1. The summed E-state index contributed by atoms with van der Waals surface area (Å²) in [6, 6.07) is 7.51. The SMILES string of the molecule is CCc1c(-c2ccccc2Cl)noc1N. The zero-order valence-corrected chi connectivity index (χ0v) is 9.08. The van der Waals surface area contributed by atoms with Crippen LogP contribution in [0.2, 0.25) is 5.02 Å². The first-order valence-electron chi connectivity index (χ1n) is 4.73. The fourth-order valence-corrected chi connectivity index (χ4v) is 1.75. The smallest absolute Gasteiger partial charge is 0.225 e. The quantitative estimate of drug-likeness (QED) is 0.849. The maximum atomic E-state index is 6.07. The van der Waals surface area contributed by atoms with Gasteiger partial charge in [0.05, 0.1) is 5.02 Å². The number of nitrogen functional groups attached to an aromatic ring is 1. The molecule has 0 atom stereocenters. The molecule has 4 heteroatoms. The molecular weight excluding hydrogens is 212 g/mol. The lowest BCUT2D eigenvalue weighted by Crippen LogP contribution is -1.90. The van der Waals surface area contributed by atoms with Crippen molar-refractivity contribution >= 4 is 17.5 Å². The minimum atomic E-state index is 0.368. The zero-order chi connectivity index (χ0) is 10.8. The van der Waals surface area contributed by atoms with E-state index >= 15 is 0 Å². The summed E-state index contributed by atoms with van der Waals surface area (Å²) >= 11 is 6.07. The van der Waals surface area contributed by atoms with Crippen LogP contribution in [-0.2, 0) is 6.42 Å². The molecule has 0 spiro atoms. The molecule has 0 aliphatic heterocycles. The van der Waals surface area contributed by atoms with Gasteiger partial charge < -0.3 is 10.3 Å². The van der Waals surface area contributed by atoms with Crippen molar-refractivity contribution in [2.24, 2.45) is 0 Å². The summed E-state index contributed by atoms with van der Waals surface area (Å²) in [7, 11) is 0. The summed E-state index contributed by atoms with van der Waals surface area (Å²) < 4.78 is 4.97. The molecule has 0 bridgehead atoms. The highest BCUT2D eigenvalue weighted by molar-refractivity contribution is 6.33. The number of halogens is 1. The Morgan fingerprint density at radius 3 is 2.80 bits per heavy atom. The van der Waals surface area contributed by atoms with Gasteiger partial charge in [0.15, 0.2) is 0 Å². The Hall–Kier alpha value is -1.48. The number of nitrogens with two attached hydrogens (primary N) is 1. The van der Waals surface area contributed by atoms with Gasteiger partial charge in [-0.15, -0.1) is 0 Å². The van der Waals surface area contributed by atoms with Crippen LogP contribution in [0.25, 0.3) is 11.3 Å². The van der Waals surface area contributed by atoms with Crippen molar-refractivity contribution in [3.63, 3.8) is 0 Å². The number of hydrogen-bond donors (Lipinski definition) is 1. The van der Waals surface area contributed by atoms with Gasteiger partial charge in [-0.05, 0) is 12.5 Å². The highest BCUT2D eigenvalue weighted by Crippen LogP contribution is 2.32. The van der Waals surface area contributed by atoms with Crippen LogP contribution in [0.4, 0.5) is 5.88 Å². The lowest BCUT2D eigenvalue weighted by molar-refractivity contribution is 0.438. The Bertz CT molecular complexity index is 479. The van der Waals surface area contributed by atoms with Gasteiger partial charge in [0, 0.05) is 11.1 Å². The molecule has 2 N–H and O–H groups in total. The van der Waals surface area contributed by atoms with E-state index in [0.717, 1.165) is 23.2 Å². The Kier molecular flexibility index (Phi) is 2.64. The van der Waals surface area contributed by atoms with Crippen LogP contribution in [0.1, 0.15) is 12.5 Å². The normalized spacial score (nSPS) is 10.5. The van der Waals surface area contributed by atoms with E-state index in [9.17, 15) is 0 Å². The number of benzene rings is 1. The maximum Gasteiger partial charge on any atom is 0.225 e. The van der Waals surface area contributed by atoms with E-state index in [1.807, 2.05) is 31.2 Å². The van der Waals surface area contributed by atoms with Crippen LogP contribution in [0.3, 0.4) is 0 Å². The number of rotatable bonds is 2. The third-order valence-corrected chi connectivity index (χ3v) is 2.63. The van der Waals surface area contributed by atoms with Crippen LogP contribution >= 0.6 is 11.6 Å². The molecule has 78 valence electrons. The van der Waals surface area contributed by atoms with E-state index in [1.54, 1.807) is 0 Å². The molecule has 0 radical (unpaired) electrons. The Morgan fingerprint density at radius 1 is 1.40 bits per heavy atom. The van der Waals surface area contributed by atoms with Crippen molar-refractivity contribution in [1.82, 2.24) is 5.16 Å². The van der Waals surface area contributed by atoms with Gasteiger partial charge >= 0.3 is 0 Å². The van der Waals surface area contributed by atoms with Gasteiger partial charge in [-0.1, -0.05) is 41.9 Å². The molecule has 1 aromatic heterocycles. The van der Waals surface area contributed by atoms with Crippen molar-refractivity contribution in [3.8, 4) is 11.3 Å². The second-order valence-corrected chi connectivity index (χ2v) is 3.61. The van der Waals surface area contributed by atoms with Crippen LogP contribution in [0.15, 0.2) is 28.8 Å². The fourth-order valence-electron chi connectivity index (χ4n) is 1.53. The van der Waals surface area contributed by atoms with Gasteiger partial charge in [0.25, 0.3) is 0 Å². The molecule has 1 heterocycles. The third kappa shape index (κ3) is 1.70. The predicted molar refractivity (Wildman–Crippen MR) is 60.7 cm³/mol. The van der Waals surface area contributed by atoms with Crippen molar-refractivity contribution in [2.75, 3.05) is 5.73 Å². The molecule has 0 fully saturated rings. The average molecular weight is 223 g/mol. The Labute approximate surface area is 92.8 Å². The Morgan fingerprint density at radius 2 is 2.13 bits per heavy atom. The first-order chi connectivity index (χ1) is 7.24. The summed E-state index contributed by atoms with van der Waals surface area (Å²) in [6.07, 6.45) is 0.774. The second kappa shape index (κ2) is 3.95. The molecule has 3 nitrogen and oxygen atoms in total. The summed E-state index contributed by atoms with van der Waals surface area (Å²) in [4.78, 5) is 0. The number of anilines is 1. The predicted octanol–water partition coefficient (Wildman–Crippen LogP) is 3.14. The summed E-state index contributed by atoms with van der Waals surface area (Å²) in [5.41, 5.74) is 8.17. The monoisotopic (exact) mass is 222 g/mol. The molecule has 0 aliphatic carbocycles. The van der Waals surface area contributed by atoms with E-state index in [-0.39, 0.29) is 0 Å². The summed E-state index contributed by atoms with van der Waals surface area (Å²) in [5, 5.41) is 4.59. The third-order valence-electron chi connectivity index (χ3n) is 2.30. The van der Waals surface area contributed by atoms with E-state index < -0.39 is 0 Å². The van der Waals surface area contributed by atoms with E-state index in [2.05, 4.69) is 5.16 Å². The zero-order valence-electron chi connectivity index (χ0n) is 8.33. The molecule has 0 saturated heterocycles. The lowest BCUT2D eigenvalue weighted by Gasteiger charge is -2.01. The van der Waals surface area contributed by atoms with E-state index in [4.69, 9.17) is 21.9 Å². The van der Waals surface area contributed by atoms with Crippen LogP contribution in [-0.4, -0.2) is 5.16 Å². The highest BCUT2D eigenvalue weighted by atomic mass is 35.5. The van der Waals surface area contributed by atoms with E-state index in [1.165, 1.54) is 0 Å². The van der Waals surface area contributed by atoms with Crippen LogP contribution in [0.5, 0.6) is 0 Å². The molecule has 0 aliphatic rings. The maximum absolute atomic E-state index is 6.07. The fraction of sp³-hybridized carbons (Fsp3) is 0.182. The first kappa shape index (κ1) is 10.1. The number of aromatic nitrogens is 1. The van der Waals surface area contributed by atoms with Crippen LogP contribution < -0.4 is 5.73 Å². The molecule has 15 heavy (non-hydrogen) atoms. The van der Waals surface area contributed by atoms with Crippen LogP contribution in [0, 0.1) is 0 Å². The molecule has 1 aromatic carbocycles. The van der Waals surface area contributed by atoms with E-state index in [0.29, 0.717) is 10.9 Å². The Balaban J connectivity index is 2.59. The molecule has 0 amide bonds. The van der Waals surface area contributed by atoms with Gasteiger partial charge in [-0.3, -0.25) is 0 Å². The van der Waals surface area contributed by atoms with Gasteiger partial charge in [0.1, 0.15) is 5.69 Å². The molecular formula is C11H11ClN2O. The van der Waals surface area contributed by atoms with Gasteiger partial charge in [0.2, 0.25) is 5.88 Å². The van der Waals surface area contributed by atoms with Crippen molar-refractivity contribution in [3.05, 3.63) is 34.9 Å². The number of nitrogens with zero attached hydrogens (tertiary/aromatic N) is 1. The highest BCUT2D eigenvalue weighted by Gasteiger charge is 2.15. The minimum absolute atomic E-state index is 0.368. The summed E-state index contributed by atoms with van der Waals surface area (Å²) in [6.45, 7) is 2.00. The van der Waals surface area contributed by atoms with Crippen molar-refractivity contribution < 1.29 is 4.52 Å². The average Bonchev–Trinajstić information content (AvgIpc) is 2.60. The first-order valence-corrected chi connectivity index (χ1v) is 5.10. The summed E-state index contributed by atoms with van der Waals surface area (Å²) in [5.74, 6) is 0.368.